The number of fused-ring (bicyclic) bond motifs is 1. The Bertz CT molecular complexity index is 726. The number of carbonyl (C=O) groups excluding carboxylic acids is 3. The Hall–Kier alpha value is -2.48. The molecular weight excluding hydrogens is 318 g/mol. The summed E-state index contributed by atoms with van der Waals surface area (Å²) in [7, 11) is 0. The normalized spacial score (nSPS) is 10.6. The molecule has 0 aliphatic carbocycles. The fourth-order valence-electron chi connectivity index (χ4n) is 1.70. The van der Waals surface area contributed by atoms with Crippen LogP contribution >= 0.6 is 11.3 Å². The molecule has 3 amide bonds. The molecule has 1 heterocycles. The van der Waals surface area contributed by atoms with Crippen LogP contribution in [0.2, 0.25) is 0 Å². The van der Waals surface area contributed by atoms with Crippen molar-refractivity contribution in [2.75, 3.05) is 13.2 Å². The van der Waals surface area contributed by atoms with Gasteiger partial charge in [-0.15, -0.1) is 11.3 Å². The van der Waals surface area contributed by atoms with Crippen LogP contribution in [-0.4, -0.2) is 36.0 Å². The number of hydrogen-bond acceptors (Lipinski definition) is 6. The number of esters is 1. The van der Waals surface area contributed by atoms with Gasteiger partial charge in [-0.2, -0.15) is 0 Å². The standard InChI is InChI=1S/C15H17N3O4S/c1-9(2)6-16-15(21)18-13(19)7-22-14(20)10-3-4-11-12(5-10)23-8-17-11/h3-5,8-9H,6-7H2,1-2H3,(H2,16,18,19,21). The molecule has 122 valence electrons. The van der Waals surface area contributed by atoms with Gasteiger partial charge in [-0.1, -0.05) is 13.8 Å². The minimum atomic E-state index is -0.682. The van der Waals surface area contributed by atoms with Crippen molar-refractivity contribution in [2.45, 2.75) is 13.8 Å². The van der Waals surface area contributed by atoms with Gasteiger partial charge in [0.1, 0.15) is 0 Å². The predicted octanol–water partition coefficient (Wildman–Crippen LogP) is 1.93. The Balaban J connectivity index is 1.81. The second-order valence-electron chi connectivity index (χ2n) is 5.26. The van der Waals surface area contributed by atoms with Crippen molar-refractivity contribution in [3.63, 3.8) is 0 Å². The molecule has 0 unspecified atom stereocenters. The van der Waals surface area contributed by atoms with Gasteiger partial charge in [-0.05, 0) is 24.1 Å². The molecule has 2 aromatic rings. The van der Waals surface area contributed by atoms with E-state index in [1.165, 1.54) is 11.3 Å². The molecule has 0 aliphatic rings. The summed E-state index contributed by atoms with van der Waals surface area (Å²) >= 11 is 1.41. The molecule has 1 aromatic carbocycles. The topological polar surface area (TPSA) is 97.4 Å². The van der Waals surface area contributed by atoms with Crippen LogP contribution in [0.15, 0.2) is 23.7 Å². The summed E-state index contributed by atoms with van der Waals surface area (Å²) in [5, 5.41) is 4.63. The highest BCUT2D eigenvalue weighted by Gasteiger charge is 2.13. The number of nitrogens with zero attached hydrogens (tertiary/aromatic N) is 1. The Labute approximate surface area is 137 Å². The number of imide groups is 1. The summed E-state index contributed by atoms with van der Waals surface area (Å²) in [6, 6.07) is 4.34. The van der Waals surface area contributed by atoms with E-state index in [1.54, 1.807) is 23.7 Å². The van der Waals surface area contributed by atoms with Crippen LogP contribution in [0, 0.1) is 5.92 Å². The van der Waals surface area contributed by atoms with Gasteiger partial charge >= 0.3 is 12.0 Å². The predicted molar refractivity (Wildman–Crippen MR) is 86.3 cm³/mol. The largest absolute Gasteiger partial charge is 0.452 e. The van der Waals surface area contributed by atoms with Crippen molar-refractivity contribution in [2.24, 2.45) is 5.92 Å². The van der Waals surface area contributed by atoms with E-state index < -0.39 is 24.5 Å². The van der Waals surface area contributed by atoms with Gasteiger partial charge in [0, 0.05) is 6.54 Å². The summed E-state index contributed by atoms with van der Waals surface area (Å²) in [5.41, 5.74) is 2.81. The molecule has 7 nitrogen and oxygen atoms in total. The molecule has 0 saturated carbocycles. The number of thiazole rings is 1. The lowest BCUT2D eigenvalue weighted by Crippen LogP contribution is -2.42. The Kier molecular flexibility index (Phi) is 5.64. The molecule has 23 heavy (non-hydrogen) atoms. The van der Waals surface area contributed by atoms with Crippen LogP contribution in [0.4, 0.5) is 4.79 Å². The molecule has 0 spiro atoms. The summed E-state index contributed by atoms with van der Waals surface area (Å²) in [4.78, 5) is 39.0. The van der Waals surface area contributed by atoms with E-state index in [0.717, 1.165) is 10.2 Å². The van der Waals surface area contributed by atoms with Crippen molar-refractivity contribution in [1.29, 1.82) is 0 Å². The fourth-order valence-corrected chi connectivity index (χ4v) is 2.42. The minimum absolute atomic E-state index is 0.273. The maximum atomic E-state index is 11.9. The maximum Gasteiger partial charge on any atom is 0.338 e. The number of ether oxygens (including phenoxy) is 1. The SMILES string of the molecule is CC(C)CNC(=O)NC(=O)COC(=O)c1ccc2ncsc2c1. The molecular formula is C15H17N3O4S. The molecule has 2 N–H and O–H groups in total. The van der Waals surface area contributed by atoms with E-state index in [-0.39, 0.29) is 5.92 Å². The summed E-state index contributed by atoms with van der Waals surface area (Å²) in [6.07, 6.45) is 0. The Morgan fingerprint density at radius 3 is 2.83 bits per heavy atom. The van der Waals surface area contributed by atoms with Crippen molar-refractivity contribution in [3.8, 4) is 0 Å². The lowest BCUT2D eigenvalue weighted by Gasteiger charge is -2.09. The molecule has 1 aromatic heterocycles. The first-order valence-electron chi connectivity index (χ1n) is 7.03. The molecule has 0 bridgehead atoms. The summed E-state index contributed by atoms with van der Waals surface area (Å²) in [5.74, 6) is -1.04. The van der Waals surface area contributed by atoms with Crippen molar-refractivity contribution in [1.82, 2.24) is 15.6 Å². The number of aromatic nitrogens is 1. The molecule has 0 saturated heterocycles. The number of amides is 3. The first-order chi connectivity index (χ1) is 11.0. The van der Waals surface area contributed by atoms with Gasteiger partial charge in [0.25, 0.3) is 5.91 Å². The second kappa shape index (κ2) is 7.68. The van der Waals surface area contributed by atoms with Gasteiger partial charge in [-0.25, -0.2) is 14.6 Å². The van der Waals surface area contributed by atoms with Crippen molar-refractivity contribution in [3.05, 3.63) is 29.3 Å². The van der Waals surface area contributed by atoms with Gasteiger partial charge in [0.05, 0.1) is 21.3 Å². The number of urea groups is 1. The Morgan fingerprint density at radius 2 is 2.09 bits per heavy atom. The lowest BCUT2D eigenvalue weighted by molar-refractivity contribution is -0.123. The number of carbonyl (C=O) groups is 3. The van der Waals surface area contributed by atoms with Crippen LogP contribution in [-0.2, 0) is 9.53 Å². The quantitative estimate of drug-likeness (QED) is 0.814. The zero-order chi connectivity index (χ0) is 16.8. The van der Waals surface area contributed by atoms with E-state index in [0.29, 0.717) is 12.1 Å². The molecule has 2 rings (SSSR count). The first kappa shape index (κ1) is 16.9. The molecule has 8 heteroatoms. The second-order valence-corrected chi connectivity index (χ2v) is 6.15. The minimum Gasteiger partial charge on any atom is -0.452 e. The van der Waals surface area contributed by atoms with E-state index in [4.69, 9.17) is 4.74 Å². The zero-order valence-corrected chi connectivity index (χ0v) is 13.6. The van der Waals surface area contributed by atoms with E-state index in [9.17, 15) is 14.4 Å². The van der Waals surface area contributed by atoms with Gasteiger partial charge in [-0.3, -0.25) is 10.1 Å². The van der Waals surface area contributed by atoms with E-state index >= 15 is 0 Å². The maximum absolute atomic E-state index is 11.9. The van der Waals surface area contributed by atoms with E-state index in [2.05, 4.69) is 15.6 Å². The van der Waals surface area contributed by atoms with Crippen molar-refractivity contribution < 1.29 is 19.1 Å². The highest BCUT2D eigenvalue weighted by molar-refractivity contribution is 7.16. The average molecular weight is 335 g/mol. The average Bonchev–Trinajstić information content (AvgIpc) is 2.98. The molecule has 0 aliphatic heterocycles. The van der Waals surface area contributed by atoms with Crippen LogP contribution in [0.5, 0.6) is 0 Å². The smallest absolute Gasteiger partial charge is 0.338 e. The monoisotopic (exact) mass is 335 g/mol. The zero-order valence-electron chi connectivity index (χ0n) is 12.8. The Morgan fingerprint density at radius 1 is 1.30 bits per heavy atom. The summed E-state index contributed by atoms with van der Waals surface area (Å²) < 4.78 is 5.75. The van der Waals surface area contributed by atoms with Crippen LogP contribution in [0.25, 0.3) is 10.2 Å². The highest BCUT2D eigenvalue weighted by Crippen LogP contribution is 2.19. The third-order valence-electron chi connectivity index (χ3n) is 2.83. The van der Waals surface area contributed by atoms with Gasteiger partial charge in [0.15, 0.2) is 6.61 Å². The highest BCUT2D eigenvalue weighted by atomic mass is 32.1. The van der Waals surface area contributed by atoms with Crippen LogP contribution in [0.1, 0.15) is 24.2 Å². The third-order valence-corrected chi connectivity index (χ3v) is 3.62. The first-order valence-corrected chi connectivity index (χ1v) is 7.91. The number of hydrogen-bond donors (Lipinski definition) is 2. The number of rotatable bonds is 5. The van der Waals surface area contributed by atoms with Gasteiger partial charge < -0.3 is 10.1 Å². The molecule has 0 fully saturated rings. The lowest BCUT2D eigenvalue weighted by atomic mass is 10.2. The van der Waals surface area contributed by atoms with Crippen LogP contribution < -0.4 is 10.6 Å². The van der Waals surface area contributed by atoms with Gasteiger partial charge in [0.2, 0.25) is 0 Å². The van der Waals surface area contributed by atoms with Crippen LogP contribution in [0.3, 0.4) is 0 Å². The fraction of sp³-hybridized carbons (Fsp3) is 0.333. The molecule has 0 radical (unpaired) electrons. The van der Waals surface area contributed by atoms with Crippen molar-refractivity contribution >= 4 is 39.5 Å². The third kappa shape index (κ3) is 5.03. The summed E-state index contributed by atoms with van der Waals surface area (Å²) in [6.45, 7) is 3.80. The van der Waals surface area contributed by atoms with E-state index in [1.807, 2.05) is 13.8 Å². The number of nitrogens with one attached hydrogen (secondary N) is 2. The molecule has 0 atom stereocenters. The number of benzene rings is 1.